The molecule has 104 valence electrons. The molecule has 1 aliphatic rings. The van der Waals surface area contributed by atoms with Gasteiger partial charge in [-0.05, 0) is 30.0 Å². The molecule has 1 aromatic rings. The molecule has 0 aliphatic heterocycles. The number of hydrogen-bond donors (Lipinski definition) is 1. The maximum Gasteiger partial charge on any atom is 0.224 e. The van der Waals surface area contributed by atoms with Gasteiger partial charge in [0.05, 0.1) is 0 Å². The minimum atomic E-state index is 0.122. The molecule has 0 radical (unpaired) electrons. The van der Waals surface area contributed by atoms with Gasteiger partial charge in [-0.1, -0.05) is 44.2 Å². The van der Waals surface area contributed by atoms with Crippen LogP contribution >= 0.6 is 11.6 Å². The summed E-state index contributed by atoms with van der Waals surface area (Å²) in [6.07, 6.45) is 8.31. The van der Waals surface area contributed by atoms with Crippen LogP contribution in [0.15, 0.2) is 24.3 Å². The third kappa shape index (κ3) is 4.87. The lowest BCUT2D eigenvalue weighted by Crippen LogP contribution is -2.14. The Morgan fingerprint density at radius 1 is 1.26 bits per heavy atom. The van der Waals surface area contributed by atoms with E-state index in [4.69, 9.17) is 11.6 Å². The number of halogens is 1. The quantitative estimate of drug-likeness (QED) is 0.776. The van der Waals surface area contributed by atoms with Crippen LogP contribution in [0.3, 0.4) is 0 Å². The Labute approximate surface area is 120 Å². The predicted octanol–water partition coefficient (Wildman–Crippen LogP) is 4.72. The fourth-order valence-corrected chi connectivity index (χ4v) is 2.93. The molecule has 0 atom stereocenters. The molecule has 0 aromatic heterocycles. The average Bonchev–Trinajstić information content (AvgIpc) is 2.46. The first kappa shape index (κ1) is 14.4. The van der Waals surface area contributed by atoms with Crippen LogP contribution in [0.2, 0.25) is 0 Å². The van der Waals surface area contributed by atoms with E-state index in [0.29, 0.717) is 12.3 Å². The highest BCUT2D eigenvalue weighted by Crippen LogP contribution is 2.27. The van der Waals surface area contributed by atoms with Crippen molar-refractivity contribution in [3.63, 3.8) is 0 Å². The maximum atomic E-state index is 11.9. The first-order valence-corrected chi connectivity index (χ1v) is 7.76. The van der Waals surface area contributed by atoms with E-state index in [9.17, 15) is 4.79 Å². The van der Waals surface area contributed by atoms with Crippen molar-refractivity contribution in [2.45, 2.75) is 50.8 Å². The van der Waals surface area contributed by atoms with Crippen LogP contribution in [0.5, 0.6) is 0 Å². The molecule has 1 N–H and O–H groups in total. The Morgan fingerprint density at radius 2 is 2.05 bits per heavy atom. The van der Waals surface area contributed by atoms with E-state index in [1.165, 1.54) is 32.1 Å². The van der Waals surface area contributed by atoms with Crippen molar-refractivity contribution in [2.24, 2.45) is 5.92 Å². The second kappa shape index (κ2) is 7.54. The van der Waals surface area contributed by atoms with Crippen LogP contribution in [-0.4, -0.2) is 5.91 Å². The molecule has 0 saturated heterocycles. The normalized spacial score (nSPS) is 16.3. The Kier molecular flexibility index (Phi) is 5.71. The fourth-order valence-electron chi connectivity index (χ4n) is 2.77. The number of nitrogens with one attached hydrogen (secondary N) is 1. The van der Waals surface area contributed by atoms with E-state index in [-0.39, 0.29) is 5.91 Å². The highest BCUT2D eigenvalue weighted by Gasteiger charge is 2.14. The lowest BCUT2D eigenvalue weighted by molar-refractivity contribution is -0.116. The molecule has 2 rings (SSSR count). The number of amides is 1. The van der Waals surface area contributed by atoms with Crippen LogP contribution in [-0.2, 0) is 10.7 Å². The van der Waals surface area contributed by atoms with Gasteiger partial charge in [0.15, 0.2) is 0 Å². The number of benzene rings is 1. The molecule has 0 heterocycles. The Morgan fingerprint density at radius 3 is 2.79 bits per heavy atom. The van der Waals surface area contributed by atoms with Crippen molar-refractivity contribution >= 4 is 23.2 Å². The molecule has 19 heavy (non-hydrogen) atoms. The second-order valence-electron chi connectivity index (χ2n) is 5.42. The number of carbonyl (C=O) groups excluding carboxylic acids is 1. The number of alkyl halides is 1. The molecular weight excluding hydrogens is 258 g/mol. The topological polar surface area (TPSA) is 29.1 Å². The summed E-state index contributed by atoms with van der Waals surface area (Å²) in [5.74, 6) is 1.36. The zero-order valence-electron chi connectivity index (χ0n) is 11.3. The first-order valence-electron chi connectivity index (χ1n) is 7.22. The Hall–Kier alpha value is -1.02. The van der Waals surface area contributed by atoms with Crippen molar-refractivity contribution < 1.29 is 4.79 Å². The highest BCUT2D eigenvalue weighted by molar-refractivity contribution is 6.17. The smallest absolute Gasteiger partial charge is 0.224 e. The molecular formula is C16H22ClNO. The van der Waals surface area contributed by atoms with Gasteiger partial charge in [0.2, 0.25) is 5.91 Å². The molecule has 3 heteroatoms. The summed E-state index contributed by atoms with van der Waals surface area (Å²) in [5, 5.41) is 2.96. The lowest BCUT2D eigenvalue weighted by atomic mass is 9.86. The van der Waals surface area contributed by atoms with Crippen molar-refractivity contribution in [3.8, 4) is 0 Å². The van der Waals surface area contributed by atoms with Gasteiger partial charge in [-0.3, -0.25) is 4.79 Å². The third-order valence-electron chi connectivity index (χ3n) is 3.87. The van der Waals surface area contributed by atoms with Crippen LogP contribution < -0.4 is 5.32 Å². The number of hydrogen-bond acceptors (Lipinski definition) is 1. The van der Waals surface area contributed by atoms with Crippen molar-refractivity contribution in [2.75, 3.05) is 5.32 Å². The molecule has 1 saturated carbocycles. The van der Waals surface area contributed by atoms with Crippen molar-refractivity contribution in [1.29, 1.82) is 0 Å². The molecule has 1 fully saturated rings. The van der Waals surface area contributed by atoms with Crippen molar-refractivity contribution in [1.82, 2.24) is 0 Å². The fraction of sp³-hybridized carbons (Fsp3) is 0.562. The molecule has 1 amide bonds. The number of anilines is 1. The van der Waals surface area contributed by atoms with Gasteiger partial charge in [0, 0.05) is 18.0 Å². The van der Waals surface area contributed by atoms with E-state index < -0.39 is 0 Å². The summed E-state index contributed by atoms with van der Waals surface area (Å²) < 4.78 is 0. The van der Waals surface area contributed by atoms with Gasteiger partial charge in [0.25, 0.3) is 0 Å². The molecule has 0 unspecified atom stereocenters. The van der Waals surface area contributed by atoms with Crippen LogP contribution in [0.25, 0.3) is 0 Å². The molecule has 1 aromatic carbocycles. The lowest BCUT2D eigenvalue weighted by Gasteiger charge is -2.21. The largest absolute Gasteiger partial charge is 0.326 e. The van der Waals surface area contributed by atoms with Crippen molar-refractivity contribution in [3.05, 3.63) is 29.8 Å². The summed E-state index contributed by atoms with van der Waals surface area (Å²) >= 11 is 5.79. The third-order valence-corrected chi connectivity index (χ3v) is 4.18. The standard InChI is InChI=1S/C16H22ClNO/c17-12-14-7-4-8-15(11-14)18-16(19)10-9-13-5-2-1-3-6-13/h4,7-8,11,13H,1-3,5-6,9-10,12H2,(H,18,19). The van der Waals surface area contributed by atoms with Gasteiger partial charge >= 0.3 is 0 Å². The van der Waals surface area contributed by atoms with Gasteiger partial charge in [-0.2, -0.15) is 0 Å². The van der Waals surface area contributed by atoms with Crippen LogP contribution in [0.4, 0.5) is 5.69 Å². The van der Waals surface area contributed by atoms with E-state index in [2.05, 4.69) is 5.32 Å². The maximum absolute atomic E-state index is 11.9. The minimum Gasteiger partial charge on any atom is -0.326 e. The molecule has 0 spiro atoms. The molecule has 1 aliphatic carbocycles. The Bertz CT molecular complexity index is 413. The SMILES string of the molecule is O=C(CCC1CCCCC1)Nc1cccc(CCl)c1. The van der Waals surface area contributed by atoms with E-state index >= 15 is 0 Å². The average molecular weight is 280 g/mol. The monoisotopic (exact) mass is 279 g/mol. The van der Waals surface area contributed by atoms with Gasteiger partial charge in [-0.15, -0.1) is 11.6 Å². The molecule has 2 nitrogen and oxygen atoms in total. The Balaban J connectivity index is 1.76. The van der Waals surface area contributed by atoms with Gasteiger partial charge in [-0.25, -0.2) is 0 Å². The number of rotatable bonds is 5. The summed E-state index contributed by atoms with van der Waals surface area (Å²) in [6, 6.07) is 7.74. The van der Waals surface area contributed by atoms with Gasteiger partial charge < -0.3 is 5.32 Å². The molecule has 0 bridgehead atoms. The second-order valence-corrected chi connectivity index (χ2v) is 5.69. The number of carbonyl (C=O) groups is 1. The van der Waals surface area contributed by atoms with Gasteiger partial charge in [0.1, 0.15) is 0 Å². The highest BCUT2D eigenvalue weighted by atomic mass is 35.5. The minimum absolute atomic E-state index is 0.122. The zero-order valence-corrected chi connectivity index (χ0v) is 12.1. The summed E-state index contributed by atoms with van der Waals surface area (Å²) in [7, 11) is 0. The van der Waals surface area contributed by atoms with Crippen LogP contribution in [0.1, 0.15) is 50.5 Å². The summed E-state index contributed by atoms with van der Waals surface area (Å²) in [5.41, 5.74) is 1.89. The summed E-state index contributed by atoms with van der Waals surface area (Å²) in [6.45, 7) is 0. The first-order chi connectivity index (χ1) is 9.28. The van der Waals surface area contributed by atoms with E-state index in [1.807, 2.05) is 24.3 Å². The van der Waals surface area contributed by atoms with E-state index in [1.54, 1.807) is 0 Å². The summed E-state index contributed by atoms with van der Waals surface area (Å²) in [4.78, 5) is 11.9. The van der Waals surface area contributed by atoms with E-state index in [0.717, 1.165) is 23.6 Å². The zero-order chi connectivity index (χ0) is 13.5. The van der Waals surface area contributed by atoms with Crippen LogP contribution in [0, 0.1) is 5.92 Å². The predicted molar refractivity (Wildman–Crippen MR) is 80.4 cm³/mol.